The summed E-state index contributed by atoms with van der Waals surface area (Å²) in [5, 5.41) is 0. The molecule has 0 heterocycles. The second-order valence-electron chi connectivity index (χ2n) is 9.25. The van der Waals surface area contributed by atoms with Crippen LogP contribution in [0.4, 0.5) is 0 Å². The van der Waals surface area contributed by atoms with Gasteiger partial charge in [-0.25, -0.2) is 0 Å². The smallest absolute Gasteiger partial charge is 0.0621 e. The Hall–Kier alpha value is 0.312. The Balaban J connectivity index is 0.000000565. The van der Waals surface area contributed by atoms with Crippen LogP contribution in [0.1, 0.15) is 66.5 Å². The maximum atomic E-state index is 4.41. The molecule has 0 N–H and O–H groups in total. The molecule has 0 atom stereocenters. The van der Waals surface area contributed by atoms with Crippen molar-refractivity contribution in [2.24, 2.45) is 0 Å². The van der Waals surface area contributed by atoms with Crippen LogP contribution in [-0.2, 0) is 26.8 Å². The minimum Gasteiger partial charge on any atom is -0.143 e. The van der Waals surface area contributed by atoms with E-state index in [1.807, 2.05) is 36.4 Å². The first-order valence-corrected chi connectivity index (χ1v) is 15.4. The molecule has 0 bridgehead atoms. The molecular weight excluding hydrogens is 525 g/mol. The van der Waals surface area contributed by atoms with Crippen molar-refractivity contribution in [2.45, 2.75) is 89.3 Å². The Morgan fingerprint density at radius 3 is 1.84 bits per heavy atom. The van der Waals surface area contributed by atoms with E-state index in [1.54, 1.807) is 6.16 Å². The van der Waals surface area contributed by atoms with Gasteiger partial charge in [-0.05, 0) is 68.7 Å². The minimum absolute atomic E-state index is 0. The van der Waals surface area contributed by atoms with Gasteiger partial charge in [-0.2, -0.15) is 0 Å². The van der Waals surface area contributed by atoms with E-state index in [9.17, 15) is 0 Å². The fraction of sp³-hybridized carbons (Fsp3) is 0.556. The molecule has 0 saturated carbocycles. The fourth-order valence-electron chi connectivity index (χ4n) is 4.02. The van der Waals surface area contributed by atoms with Crippen molar-refractivity contribution in [3.05, 3.63) is 65.7 Å². The van der Waals surface area contributed by atoms with E-state index in [0.717, 1.165) is 34.0 Å². The molecule has 177 valence electrons. The number of benzene rings is 2. The molecule has 0 amide bonds. The van der Waals surface area contributed by atoms with Gasteiger partial charge in [-0.1, -0.05) is 78.1 Å². The van der Waals surface area contributed by atoms with Gasteiger partial charge in [0.05, 0.1) is 17.5 Å². The third kappa shape index (κ3) is 12.4. The van der Waals surface area contributed by atoms with Crippen LogP contribution in [0, 0.1) is 6.07 Å². The predicted molar refractivity (Wildman–Crippen MR) is 147 cm³/mol. The zero-order chi connectivity index (χ0) is 22.7. The number of hydrogen-bond donors (Lipinski definition) is 1. The average Bonchev–Trinajstić information content (AvgIpc) is 2.67. The molecule has 0 aromatic heterocycles. The van der Waals surface area contributed by atoms with Crippen LogP contribution in [-0.4, -0.2) is 35.0 Å². The maximum Gasteiger partial charge on any atom is 0.0621 e. The Morgan fingerprint density at radius 1 is 0.839 bits per heavy atom. The van der Waals surface area contributed by atoms with E-state index in [0.29, 0.717) is 0 Å². The standard InChI is InChI=1S/C14H32P2.C13H11S.Pd/c1-11(2)15(12(3)4)9-10-16(13(5)6)14(7)8;14-13-9-5-4-8-12(13)10-11-6-2-1-3-7-11;/h11-14H,9-10H2,1-8H3;1-6,8-9,14H,10H2;/p+1. The third-order valence-corrected chi connectivity index (χ3v) is 13.7. The summed E-state index contributed by atoms with van der Waals surface area (Å²) >= 11 is 4.41. The fourth-order valence-corrected chi connectivity index (χ4v) is 11.0. The van der Waals surface area contributed by atoms with Crippen LogP contribution < -0.4 is 0 Å². The summed E-state index contributed by atoms with van der Waals surface area (Å²) < 4.78 is 0. The zero-order valence-electron chi connectivity index (χ0n) is 20.8. The van der Waals surface area contributed by atoms with Crippen LogP contribution in [0.2, 0.25) is 0 Å². The molecule has 0 saturated heterocycles. The van der Waals surface area contributed by atoms with Gasteiger partial charge in [0.2, 0.25) is 0 Å². The molecule has 2 rings (SSSR count). The summed E-state index contributed by atoms with van der Waals surface area (Å²) in [4.78, 5) is 1.05. The monoisotopic (exact) mass is 568 g/mol. The largest absolute Gasteiger partial charge is 0.143 e. The molecular formula is C27H44P2PdS+. The summed E-state index contributed by atoms with van der Waals surface area (Å²) in [6.45, 7) is 19.4. The van der Waals surface area contributed by atoms with Gasteiger partial charge in [0.25, 0.3) is 0 Å². The topological polar surface area (TPSA) is 0 Å². The van der Waals surface area contributed by atoms with E-state index in [4.69, 9.17) is 0 Å². The SMILES string of the molecule is CC(C)P(CC[PH+](C(C)C)C(C)C)C(C)C.Sc1ccccc1Cc1[c]cccc1.[Pd]. The third-order valence-electron chi connectivity index (χ3n) is 5.61. The molecule has 2 aromatic carbocycles. The molecule has 4 heteroatoms. The van der Waals surface area contributed by atoms with Gasteiger partial charge in [0, 0.05) is 39.4 Å². The van der Waals surface area contributed by atoms with E-state index >= 15 is 0 Å². The second-order valence-corrected chi connectivity index (χ2v) is 17.2. The molecule has 0 nitrogen and oxygen atoms in total. The normalized spacial score (nSPS) is 11.3. The van der Waals surface area contributed by atoms with Crippen molar-refractivity contribution in [1.29, 1.82) is 0 Å². The van der Waals surface area contributed by atoms with E-state index < -0.39 is 0 Å². The molecule has 0 aliphatic rings. The van der Waals surface area contributed by atoms with Crippen molar-refractivity contribution < 1.29 is 20.4 Å². The van der Waals surface area contributed by atoms with Gasteiger partial charge in [-0.3, -0.25) is 0 Å². The van der Waals surface area contributed by atoms with Crippen molar-refractivity contribution in [3.63, 3.8) is 0 Å². The van der Waals surface area contributed by atoms with Crippen LogP contribution in [0.3, 0.4) is 0 Å². The molecule has 0 fully saturated rings. The first-order chi connectivity index (χ1) is 14.1. The first kappa shape index (κ1) is 31.3. The molecule has 0 unspecified atom stereocenters. The minimum atomic E-state index is -0.124. The van der Waals surface area contributed by atoms with Gasteiger partial charge < -0.3 is 0 Å². The molecule has 1 radical (unpaired) electrons. The van der Waals surface area contributed by atoms with Crippen LogP contribution in [0.15, 0.2) is 53.4 Å². The Morgan fingerprint density at radius 2 is 1.39 bits per heavy atom. The summed E-state index contributed by atoms with van der Waals surface area (Å²) in [5.74, 6) is 0. The Bertz CT molecular complexity index is 665. The van der Waals surface area contributed by atoms with E-state index in [-0.39, 0.29) is 36.3 Å². The van der Waals surface area contributed by atoms with E-state index in [1.165, 1.54) is 17.3 Å². The van der Waals surface area contributed by atoms with Gasteiger partial charge in [-0.15, -0.1) is 12.6 Å². The number of hydrogen-bond acceptors (Lipinski definition) is 1. The van der Waals surface area contributed by atoms with Gasteiger partial charge in [0.1, 0.15) is 0 Å². The molecule has 0 aliphatic carbocycles. The van der Waals surface area contributed by atoms with Crippen molar-refractivity contribution in [2.75, 3.05) is 12.3 Å². The summed E-state index contributed by atoms with van der Waals surface area (Å²) in [6, 6.07) is 19.4. The maximum absolute atomic E-state index is 4.41. The van der Waals surface area contributed by atoms with Crippen LogP contribution >= 0.6 is 28.5 Å². The Kier molecular flexibility index (Phi) is 17.0. The molecule has 0 aliphatic heterocycles. The molecule has 2 aromatic rings. The first-order valence-electron chi connectivity index (χ1n) is 11.5. The number of rotatable bonds is 9. The predicted octanol–water partition coefficient (Wildman–Crippen LogP) is 8.68. The van der Waals surface area contributed by atoms with Gasteiger partial charge >= 0.3 is 0 Å². The number of thiol groups is 1. The summed E-state index contributed by atoms with van der Waals surface area (Å²) in [6.07, 6.45) is 3.97. The second kappa shape index (κ2) is 16.9. The van der Waals surface area contributed by atoms with Crippen molar-refractivity contribution in [3.8, 4) is 0 Å². The summed E-state index contributed by atoms with van der Waals surface area (Å²) in [5.41, 5.74) is 6.17. The summed E-state index contributed by atoms with van der Waals surface area (Å²) in [7, 11) is 0.141. The van der Waals surface area contributed by atoms with Crippen LogP contribution in [0.25, 0.3) is 0 Å². The van der Waals surface area contributed by atoms with Crippen molar-refractivity contribution >= 4 is 28.5 Å². The van der Waals surface area contributed by atoms with Crippen LogP contribution in [0.5, 0.6) is 0 Å². The molecule has 0 spiro atoms. The average molecular weight is 569 g/mol. The van der Waals surface area contributed by atoms with E-state index in [2.05, 4.69) is 86.2 Å². The Labute approximate surface area is 215 Å². The van der Waals surface area contributed by atoms with Gasteiger partial charge in [0.15, 0.2) is 0 Å². The molecule has 31 heavy (non-hydrogen) atoms. The van der Waals surface area contributed by atoms with Crippen molar-refractivity contribution in [1.82, 2.24) is 0 Å². The quantitative estimate of drug-likeness (QED) is 0.175. The zero-order valence-corrected chi connectivity index (χ0v) is 25.1.